The van der Waals surface area contributed by atoms with Crippen molar-refractivity contribution in [1.29, 1.82) is 0 Å². The molecule has 4 heteroatoms. The minimum Gasteiger partial charge on any atom is -0.368 e. The Morgan fingerprint density at radius 2 is 2.00 bits per heavy atom. The Balaban J connectivity index is 2.47. The van der Waals surface area contributed by atoms with Gasteiger partial charge in [0.1, 0.15) is 6.04 Å². The lowest BCUT2D eigenvalue weighted by atomic mass is 10.1. The molecular weight excluding hydrogens is 240 g/mol. The Kier molecular flexibility index (Phi) is 6.17. The fourth-order valence-electron chi connectivity index (χ4n) is 1.72. The van der Waals surface area contributed by atoms with Crippen LogP contribution in [0.25, 0.3) is 0 Å². The Labute approximate surface area is 113 Å². The van der Waals surface area contributed by atoms with Crippen molar-refractivity contribution in [2.75, 3.05) is 0 Å². The zero-order valence-electron chi connectivity index (χ0n) is 10.8. The van der Waals surface area contributed by atoms with Crippen molar-refractivity contribution in [3.8, 4) is 12.3 Å². The van der Waals surface area contributed by atoms with E-state index in [9.17, 15) is 9.59 Å². The van der Waals surface area contributed by atoms with Gasteiger partial charge in [0.25, 0.3) is 0 Å². The first-order valence-electron chi connectivity index (χ1n) is 6.19. The first-order chi connectivity index (χ1) is 9.13. The third kappa shape index (κ3) is 5.73. The minimum absolute atomic E-state index is 0.212. The number of carbonyl (C=O) groups excluding carboxylic acids is 2. The number of primary amides is 1. The molecule has 0 unspecified atom stereocenters. The highest BCUT2D eigenvalue weighted by molar-refractivity contribution is 5.87. The predicted molar refractivity (Wildman–Crippen MR) is 74.0 cm³/mol. The van der Waals surface area contributed by atoms with Crippen molar-refractivity contribution < 1.29 is 9.59 Å². The van der Waals surface area contributed by atoms with E-state index >= 15 is 0 Å². The molecule has 0 bridgehead atoms. The van der Waals surface area contributed by atoms with Crippen LogP contribution < -0.4 is 11.1 Å². The lowest BCUT2D eigenvalue weighted by Crippen LogP contribution is -2.44. The molecule has 1 aromatic rings. The number of amides is 2. The van der Waals surface area contributed by atoms with E-state index in [1.54, 1.807) is 0 Å². The maximum atomic E-state index is 11.8. The Morgan fingerprint density at radius 1 is 1.32 bits per heavy atom. The number of nitrogens with two attached hydrogens (primary N) is 1. The zero-order valence-corrected chi connectivity index (χ0v) is 10.8. The van der Waals surface area contributed by atoms with Gasteiger partial charge in [-0.3, -0.25) is 9.59 Å². The van der Waals surface area contributed by atoms with Crippen LogP contribution in [-0.2, 0) is 16.0 Å². The highest BCUT2D eigenvalue weighted by atomic mass is 16.2. The van der Waals surface area contributed by atoms with Crippen LogP contribution in [0.2, 0.25) is 0 Å². The lowest BCUT2D eigenvalue weighted by molar-refractivity contribution is -0.127. The number of carbonyl (C=O) groups is 2. The van der Waals surface area contributed by atoms with Crippen LogP contribution in [0.5, 0.6) is 0 Å². The van der Waals surface area contributed by atoms with Gasteiger partial charge in [-0.2, -0.15) is 0 Å². The minimum atomic E-state index is -0.649. The average Bonchev–Trinajstić information content (AvgIpc) is 2.38. The van der Waals surface area contributed by atoms with E-state index in [4.69, 9.17) is 12.2 Å². The average molecular weight is 258 g/mol. The maximum absolute atomic E-state index is 11.8. The van der Waals surface area contributed by atoms with Crippen LogP contribution in [0.4, 0.5) is 0 Å². The Morgan fingerprint density at radius 3 is 2.58 bits per heavy atom. The number of hydrogen-bond acceptors (Lipinski definition) is 2. The van der Waals surface area contributed by atoms with E-state index in [-0.39, 0.29) is 12.3 Å². The summed E-state index contributed by atoms with van der Waals surface area (Å²) in [5.74, 6) is 1.75. The highest BCUT2D eigenvalue weighted by Gasteiger charge is 2.17. The van der Waals surface area contributed by atoms with Crippen LogP contribution in [-0.4, -0.2) is 17.9 Å². The molecule has 0 heterocycles. The molecule has 3 N–H and O–H groups in total. The van der Waals surface area contributed by atoms with Gasteiger partial charge >= 0.3 is 0 Å². The molecule has 2 amide bonds. The van der Waals surface area contributed by atoms with Gasteiger partial charge in [-0.1, -0.05) is 30.3 Å². The SMILES string of the molecule is C#CCCC[C@H](NC(=O)Cc1ccccc1)C(N)=O. The standard InChI is InChI=1S/C15H18N2O2/c1-2-3-5-10-13(15(16)19)17-14(18)11-12-8-6-4-7-9-12/h1,4,6-9,13H,3,5,10-11H2,(H2,16,19)(H,17,18)/t13-/m0/s1. The van der Waals surface area contributed by atoms with Crippen LogP contribution in [0.1, 0.15) is 24.8 Å². The van der Waals surface area contributed by atoms with Crippen molar-refractivity contribution in [2.45, 2.75) is 31.7 Å². The molecule has 19 heavy (non-hydrogen) atoms. The summed E-state index contributed by atoms with van der Waals surface area (Å²) in [5.41, 5.74) is 6.15. The highest BCUT2D eigenvalue weighted by Crippen LogP contribution is 2.03. The molecule has 1 rings (SSSR count). The molecule has 4 nitrogen and oxygen atoms in total. The van der Waals surface area contributed by atoms with Crippen LogP contribution in [0.3, 0.4) is 0 Å². The second-order valence-corrected chi connectivity index (χ2v) is 4.28. The molecule has 0 fully saturated rings. The normalized spacial score (nSPS) is 11.3. The molecule has 0 radical (unpaired) electrons. The van der Waals surface area contributed by atoms with Gasteiger partial charge in [0.15, 0.2) is 0 Å². The van der Waals surface area contributed by atoms with E-state index in [2.05, 4.69) is 11.2 Å². The van der Waals surface area contributed by atoms with Crippen LogP contribution >= 0.6 is 0 Å². The number of rotatable bonds is 7. The quantitative estimate of drug-likeness (QED) is 0.566. The van der Waals surface area contributed by atoms with E-state index in [0.717, 1.165) is 5.56 Å². The predicted octanol–water partition coefficient (Wildman–Crippen LogP) is 1.00. The Bertz CT molecular complexity index is 463. The third-order valence-corrected chi connectivity index (χ3v) is 2.70. The molecule has 0 aromatic heterocycles. The van der Waals surface area contributed by atoms with E-state index < -0.39 is 11.9 Å². The summed E-state index contributed by atoms with van der Waals surface area (Å²) in [6.45, 7) is 0. The number of unbranched alkanes of at least 4 members (excludes halogenated alkanes) is 1. The first-order valence-corrected chi connectivity index (χ1v) is 6.19. The summed E-state index contributed by atoms with van der Waals surface area (Å²) in [6.07, 6.45) is 7.08. The van der Waals surface area contributed by atoms with Gasteiger partial charge in [-0.05, 0) is 18.4 Å². The molecule has 0 saturated carbocycles. The van der Waals surface area contributed by atoms with Gasteiger partial charge in [0.05, 0.1) is 6.42 Å². The summed E-state index contributed by atoms with van der Waals surface area (Å²) >= 11 is 0. The molecule has 1 aromatic carbocycles. The summed E-state index contributed by atoms with van der Waals surface area (Å²) in [4.78, 5) is 23.0. The lowest BCUT2D eigenvalue weighted by Gasteiger charge is -2.14. The van der Waals surface area contributed by atoms with Gasteiger partial charge < -0.3 is 11.1 Å². The smallest absolute Gasteiger partial charge is 0.240 e. The van der Waals surface area contributed by atoms with E-state index in [1.165, 1.54) is 0 Å². The maximum Gasteiger partial charge on any atom is 0.240 e. The molecule has 100 valence electrons. The third-order valence-electron chi connectivity index (χ3n) is 2.70. The van der Waals surface area contributed by atoms with Crippen molar-refractivity contribution in [1.82, 2.24) is 5.32 Å². The Hall–Kier alpha value is -2.28. The summed E-state index contributed by atoms with van der Waals surface area (Å²) < 4.78 is 0. The molecule has 0 aliphatic carbocycles. The van der Waals surface area contributed by atoms with Crippen molar-refractivity contribution in [3.05, 3.63) is 35.9 Å². The number of hydrogen-bond donors (Lipinski definition) is 2. The second kappa shape index (κ2) is 7.93. The molecular formula is C15H18N2O2. The van der Waals surface area contributed by atoms with Crippen LogP contribution in [0, 0.1) is 12.3 Å². The van der Waals surface area contributed by atoms with Crippen LogP contribution in [0.15, 0.2) is 30.3 Å². The number of terminal acetylenes is 1. The molecule has 0 aliphatic heterocycles. The topological polar surface area (TPSA) is 72.2 Å². The monoisotopic (exact) mass is 258 g/mol. The fourth-order valence-corrected chi connectivity index (χ4v) is 1.72. The molecule has 1 atom stereocenters. The van der Waals surface area contributed by atoms with Gasteiger partial charge in [0.2, 0.25) is 11.8 Å². The molecule has 0 aliphatic rings. The van der Waals surface area contributed by atoms with E-state index in [0.29, 0.717) is 19.3 Å². The van der Waals surface area contributed by atoms with Crippen molar-refractivity contribution in [3.63, 3.8) is 0 Å². The second-order valence-electron chi connectivity index (χ2n) is 4.28. The first kappa shape index (κ1) is 14.8. The van der Waals surface area contributed by atoms with E-state index in [1.807, 2.05) is 30.3 Å². The molecule has 0 saturated heterocycles. The number of benzene rings is 1. The fraction of sp³-hybridized carbons (Fsp3) is 0.333. The number of nitrogens with one attached hydrogen (secondary N) is 1. The summed E-state index contributed by atoms with van der Waals surface area (Å²) in [7, 11) is 0. The van der Waals surface area contributed by atoms with Crippen molar-refractivity contribution in [2.24, 2.45) is 5.73 Å². The van der Waals surface area contributed by atoms with Crippen molar-refractivity contribution >= 4 is 11.8 Å². The molecule has 0 spiro atoms. The summed E-state index contributed by atoms with van der Waals surface area (Å²) in [6, 6.07) is 8.67. The summed E-state index contributed by atoms with van der Waals surface area (Å²) in [5, 5.41) is 2.64. The van der Waals surface area contributed by atoms with Gasteiger partial charge in [-0.15, -0.1) is 12.3 Å². The van der Waals surface area contributed by atoms with Gasteiger partial charge in [-0.25, -0.2) is 0 Å². The largest absolute Gasteiger partial charge is 0.368 e. The van der Waals surface area contributed by atoms with Gasteiger partial charge in [0, 0.05) is 6.42 Å². The zero-order chi connectivity index (χ0) is 14.1.